The predicted octanol–water partition coefficient (Wildman–Crippen LogP) is 6.76. The lowest BCUT2D eigenvalue weighted by atomic mass is 10.1. The maximum Gasteiger partial charge on any atom is 0.264 e. The lowest BCUT2D eigenvalue weighted by Crippen LogP contribution is -2.53. The van der Waals surface area contributed by atoms with Crippen LogP contribution in [0.3, 0.4) is 0 Å². The molecule has 44 heavy (non-hydrogen) atoms. The molecule has 8 nitrogen and oxygen atoms in total. The zero-order chi connectivity index (χ0) is 31.9. The third-order valence-corrected chi connectivity index (χ3v) is 10.3. The Morgan fingerprint density at radius 2 is 1.57 bits per heavy atom. The van der Waals surface area contributed by atoms with Crippen LogP contribution in [0.4, 0.5) is 5.69 Å². The topological polar surface area (TPSA) is 96.0 Å². The molecule has 1 N–H and O–H groups in total. The van der Waals surface area contributed by atoms with Crippen LogP contribution in [0.25, 0.3) is 0 Å². The Balaban J connectivity index is 1.73. The summed E-state index contributed by atoms with van der Waals surface area (Å²) < 4.78 is 34.8. The molecule has 0 unspecified atom stereocenters. The molecule has 3 aromatic rings. The van der Waals surface area contributed by atoms with Crippen LogP contribution in [0.1, 0.15) is 57.1 Å². The van der Waals surface area contributed by atoms with Crippen molar-refractivity contribution in [2.24, 2.45) is 0 Å². The Kier molecular flexibility index (Phi) is 11.6. The summed E-state index contributed by atoms with van der Waals surface area (Å²) >= 11 is 13.0. The Labute approximate surface area is 270 Å². The van der Waals surface area contributed by atoms with Crippen LogP contribution in [0.5, 0.6) is 5.75 Å². The van der Waals surface area contributed by atoms with Crippen molar-refractivity contribution < 1.29 is 22.7 Å². The minimum absolute atomic E-state index is 0.000967. The van der Waals surface area contributed by atoms with Crippen LogP contribution >= 0.6 is 23.2 Å². The normalized spacial score (nSPS) is 14.2. The third kappa shape index (κ3) is 8.06. The van der Waals surface area contributed by atoms with E-state index in [0.717, 1.165) is 35.6 Å². The van der Waals surface area contributed by atoms with Crippen molar-refractivity contribution in [3.8, 4) is 5.75 Å². The van der Waals surface area contributed by atoms with Gasteiger partial charge in [0.05, 0.1) is 17.2 Å². The second-order valence-corrected chi connectivity index (χ2v) is 13.6. The van der Waals surface area contributed by atoms with Gasteiger partial charge in [-0.3, -0.25) is 13.9 Å². The number of benzene rings is 3. The highest BCUT2D eigenvalue weighted by Gasteiger charge is 2.35. The van der Waals surface area contributed by atoms with Crippen molar-refractivity contribution in [3.05, 3.63) is 87.9 Å². The summed E-state index contributed by atoms with van der Waals surface area (Å²) in [4.78, 5) is 29.3. The fourth-order valence-electron chi connectivity index (χ4n) is 5.38. The molecule has 0 heterocycles. The van der Waals surface area contributed by atoms with E-state index >= 15 is 0 Å². The summed E-state index contributed by atoms with van der Waals surface area (Å²) in [5.41, 5.74) is 1.73. The van der Waals surface area contributed by atoms with Crippen molar-refractivity contribution in [1.29, 1.82) is 0 Å². The molecule has 1 fully saturated rings. The molecule has 0 saturated heterocycles. The Hall–Kier alpha value is -3.27. The highest BCUT2D eigenvalue weighted by atomic mass is 35.5. The van der Waals surface area contributed by atoms with Crippen LogP contribution < -0.4 is 14.4 Å². The first-order valence-corrected chi connectivity index (χ1v) is 17.1. The van der Waals surface area contributed by atoms with Gasteiger partial charge in [-0.2, -0.15) is 0 Å². The van der Waals surface area contributed by atoms with Gasteiger partial charge < -0.3 is 15.0 Å². The van der Waals surface area contributed by atoms with E-state index in [0.29, 0.717) is 40.1 Å². The van der Waals surface area contributed by atoms with E-state index in [1.54, 1.807) is 54.6 Å². The molecule has 1 aliphatic carbocycles. The zero-order valence-electron chi connectivity index (χ0n) is 25.3. The van der Waals surface area contributed by atoms with Gasteiger partial charge >= 0.3 is 0 Å². The van der Waals surface area contributed by atoms with Crippen molar-refractivity contribution in [2.45, 2.75) is 76.4 Å². The van der Waals surface area contributed by atoms with E-state index < -0.39 is 28.5 Å². The number of nitrogens with zero attached hydrogens (tertiary/aromatic N) is 2. The molecule has 4 rings (SSSR count). The second kappa shape index (κ2) is 15.1. The Morgan fingerprint density at radius 3 is 2.14 bits per heavy atom. The van der Waals surface area contributed by atoms with E-state index in [2.05, 4.69) is 5.32 Å². The van der Waals surface area contributed by atoms with E-state index in [9.17, 15) is 18.0 Å². The first-order chi connectivity index (χ1) is 21.0. The van der Waals surface area contributed by atoms with Crippen molar-refractivity contribution in [1.82, 2.24) is 10.2 Å². The molecule has 1 aliphatic rings. The van der Waals surface area contributed by atoms with Gasteiger partial charge in [0.15, 0.2) is 0 Å². The minimum atomic E-state index is -4.21. The molecule has 236 valence electrons. The number of rotatable bonds is 13. The molecule has 0 radical (unpaired) electrons. The smallest absolute Gasteiger partial charge is 0.264 e. The van der Waals surface area contributed by atoms with Gasteiger partial charge in [-0.15, -0.1) is 0 Å². The monoisotopic (exact) mass is 659 g/mol. The van der Waals surface area contributed by atoms with Crippen molar-refractivity contribution >= 4 is 50.7 Å². The molecular weight excluding hydrogens is 621 g/mol. The highest BCUT2D eigenvalue weighted by Crippen LogP contribution is 2.30. The molecule has 3 aromatic carbocycles. The lowest BCUT2D eigenvalue weighted by molar-refractivity contribution is -0.140. The van der Waals surface area contributed by atoms with E-state index in [4.69, 9.17) is 27.9 Å². The summed E-state index contributed by atoms with van der Waals surface area (Å²) in [5.74, 6) is -0.317. The minimum Gasteiger partial charge on any atom is -0.494 e. The molecule has 0 spiro atoms. The molecule has 0 aliphatic heterocycles. The van der Waals surface area contributed by atoms with Gasteiger partial charge in [0.1, 0.15) is 18.3 Å². The predicted molar refractivity (Wildman–Crippen MR) is 175 cm³/mol. The van der Waals surface area contributed by atoms with E-state index in [-0.39, 0.29) is 23.4 Å². The molecule has 0 bridgehead atoms. The summed E-state index contributed by atoms with van der Waals surface area (Å²) in [7, 11) is -4.21. The summed E-state index contributed by atoms with van der Waals surface area (Å²) in [6.07, 6.45) is 4.15. The quantitative estimate of drug-likeness (QED) is 0.219. The number of ether oxygens (including phenoxy) is 1. The number of carbonyl (C=O) groups is 2. The average Bonchev–Trinajstić information content (AvgIpc) is 3.51. The zero-order valence-corrected chi connectivity index (χ0v) is 27.6. The summed E-state index contributed by atoms with van der Waals surface area (Å²) in [5, 5.41) is 3.79. The van der Waals surface area contributed by atoms with Gasteiger partial charge in [0, 0.05) is 28.2 Å². The second-order valence-electron chi connectivity index (χ2n) is 10.9. The van der Waals surface area contributed by atoms with Gasteiger partial charge in [0.25, 0.3) is 10.0 Å². The first kappa shape index (κ1) is 33.6. The summed E-state index contributed by atoms with van der Waals surface area (Å²) in [6.45, 7) is 5.38. The van der Waals surface area contributed by atoms with Crippen LogP contribution in [0, 0.1) is 6.92 Å². The fraction of sp³-hybridized carbons (Fsp3) is 0.394. The lowest BCUT2D eigenvalue weighted by Gasteiger charge is -2.34. The van der Waals surface area contributed by atoms with E-state index in [1.165, 1.54) is 17.0 Å². The number of aryl methyl sites for hydroxylation is 1. The number of nitrogens with one attached hydrogen (secondary N) is 1. The molecule has 11 heteroatoms. The summed E-state index contributed by atoms with van der Waals surface area (Å²) in [6, 6.07) is 17.2. The van der Waals surface area contributed by atoms with Crippen LogP contribution in [-0.4, -0.2) is 50.4 Å². The van der Waals surface area contributed by atoms with Gasteiger partial charge in [-0.05, 0) is 81.6 Å². The number of sulfonamides is 1. The SMILES string of the molecule is CCOc1ccc(S(=O)(=O)N(CC(=O)N(Cc2c(Cl)cccc2Cl)[C@@H](CC)C(=O)NC2CCCC2)c2ccc(C)cc2)cc1. The van der Waals surface area contributed by atoms with Crippen LogP contribution in [0.2, 0.25) is 10.0 Å². The van der Waals surface area contributed by atoms with Gasteiger partial charge in [-0.25, -0.2) is 8.42 Å². The number of anilines is 1. The Bertz CT molecular complexity index is 1520. The number of hydrogen-bond donors (Lipinski definition) is 1. The van der Waals surface area contributed by atoms with Crippen LogP contribution in [-0.2, 0) is 26.2 Å². The Morgan fingerprint density at radius 1 is 0.955 bits per heavy atom. The average molecular weight is 661 g/mol. The van der Waals surface area contributed by atoms with E-state index in [1.807, 2.05) is 20.8 Å². The largest absolute Gasteiger partial charge is 0.494 e. The number of amides is 2. The van der Waals surface area contributed by atoms with Gasteiger partial charge in [0.2, 0.25) is 11.8 Å². The maximum absolute atomic E-state index is 14.3. The molecule has 2 amide bonds. The first-order valence-electron chi connectivity index (χ1n) is 14.9. The number of halogens is 2. The van der Waals surface area contributed by atoms with Crippen LogP contribution in [0.15, 0.2) is 71.6 Å². The molecular formula is C33H39Cl2N3O5S. The third-order valence-electron chi connectivity index (χ3n) is 7.80. The number of hydrogen-bond acceptors (Lipinski definition) is 5. The van der Waals surface area contributed by atoms with Crippen molar-refractivity contribution in [2.75, 3.05) is 17.5 Å². The highest BCUT2D eigenvalue weighted by molar-refractivity contribution is 7.92. The standard InChI is InChI=1S/C33H39Cl2N3O5S/c1-4-31(33(40)36-24-9-6-7-10-24)37(21-28-29(34)11-8-12-30(28)35)32(39)22-38(25-15-13-23(3)14-16-25)44(41,42)27-19-17-26(18-20-27)43-5-2/h8,11-20,24,31H,4-7,9-10,21-22H2,1-3H3,(H,36,40)/t31-/m0/s1. The fourth-order valence-corrected chi connectivity index (χ4v) is 7.31. The molecule has 1 atom stereocenters. The molecule has 0 aromatic heterocycles. The molecule has 1 saturated carbocycles. The van der Waals surface area contributed by atoms with Crippen molar-refractivity contribution in [3.63, 3.8) is 0 Å². The van der Waals surface area contributed by atoms with Gasteiger partial charge in [-0.1, -0.05) is 66.7 Å². The number of carbonyl (C=O) groups excluding carboxylic acids is 2. The maximum atomic E-state index is 14.3.